The topological polar surface area (TPSA) is 72.1 Å². The van der Waals surface area contributed by atoms with Gasteiger partial charge in [0.15, 0.2) is 0 Å². The van der Waals surface area contributed by atoms with Gasteiger partial charge in [0.1, 0.15) is 23.5 Å². The molecule has 1 aliphatic heterocycles. The molecule has 2 aromatic heterocycles. The number of halogens is 3. The Morgan fingerprint density at radius 1 is 1.24 bits per heavy atom. The maximum absolute atomic E-state index is 15.1. The minimum Gasteiger partial charge on any atom is -0.486 e. The normalized spacial score (nSPS) is 15.7. The van der Waals surface area contributed by atoms with Crippen LogP contribution in [0, 0.1) is 5.82 Å². The van der Waals surface area contributed by atoms with Crippen molar-refractivity contribution in [1.82, 2.24) is 20.5 Å². The lowest BCUT2D eigenvalue weighted by Gasteiger charge is -2.23. The zero-order valence-electron chi connectivity index (χ0n) is 20.3. The van der Waals surface area contributed by atoms with Crippen LogP contribution < -0.4 is 10.1 Å². The average molecular weight is 525 g/mol. The van der Waals surface area contributed by atoms with E-state index in [-0.39, 0.29) is 5.56 Å². The smallest absolute Gasteiger partial charge is 0.134 e. The van der Waals surface area contributed by atoms with Gasteiger partial charge in [-0.15, -0.1) is 0 Å². The van der Waals surface area contributed by atoms with Crippen LogP contribution in [0.1, 0.15) is 48.4 Å². The van der Waals surface area contributed by atoms with Crippen LogP contribution in [0.5, 0.6) is 5.75 Å². The second-order valence-electron chi connectivity index (χ2n) is 9.01. The van der Waals surface area contributed by atoms with Gasteiger partial charge < -0.3 is 14.8 Å². The summed E-state index contributed by atoms with van der Waals surface area (Å²) in [5, 5.41) is 11.6. The van der Waals surface area contributed by atoms with E-state index in [4.69, 9.17) is 21.1 Å². The van der Waals surface area contributed by atoms with Gasteiger partial charge in [0.2, 0.25) is 0 Å². The van der Waals surface area contributed by atoms with Crippen LogP contribution in [-0.4, -0.2) is 34.4 Å². The molecule has 6 nitrogen and oxygen atoms in total. The number of ether oxygens (including phenoxy) is 2. The lowest BCUT2D eigenvalue weighted by atomic mass is 10.1. The largest absolute Gasteiger partial charge is 0.486 e. The van der Waals surface area contributed by atoms with Gasteiger partial charge in [0, 0.05) is 54.6 Å². The van der Waals surface area contributed by atoms with Crippen molar-refractivity contribution in [2.45, 2.75) is 38.5 Å². The first-order valence-electron chi connectivity index (χ1n) is 12.2. The average Bonchev–Trinajstić information content (AvgIpc) is 3.30. The molecule has 1 atom stereocenters. The van der Waals surface area contributed by atoms with E-state index in [1.54, 1.807) is 43.3 Å². The highest BCUT2D eigenvalue weighted by Crippen LogP contribution is 2.32. The highest BCUT2D eigenvalue weighted by atomic mass is 35.5. The van der Waals surface area contributed by atoms with E-state index in [1.807, 2.05) is 6.07 Å². The molecular formula is C28H27ClF2N4O2. The summed E-state index contributed by atoms with van der Waals surface area (Å²) >= 11 is 6.17. The van der Waals surface area contributed by atoms with Gasteiger partial charge in [-0.25, -0.2) is 8.78 Å². The molecule has 2 N–H and O–H groups in total. The van der Waals surface area contributed by atoms with Gasteiger partial charge in [0.05, 0.1) is 21.9 Å². The first-order chi connectivity index (χ1) is 18.0. The van der Waals surface area contributed by atoms with Crippen LogP contribution >= 0.6 is 11.6 Å². The fourth-order valence-corrected chi connectivity index (χ4v) is 4.70. The zero-order valence-corrected chi connectivity index (χ0v) is 21.1. The molecule has 1 aliphatic rings. The summed E-state index contributed by atoms with van der Waals surface area (Å²) in [6, 6.07) is 13.7. The quantitative estimate of drug-likeness (QED) is 0.271. The Balaban J connectivity index is 1.30. The third-order valence-corrected chi connectivity index (χ3v) is 6.77. The molecule has 1 fully saturated rings. The van der Waals surface area contributed by atoms with E-state index in [1.165, 1.54) is 18.3 Å². The van der Waals surface area contributed by atoms with Crippen molar-refractivity contribution in [1.29, 1.82) is 0 Å². The molecular weight excluding hydrogens is 498 g/mol. The summed E-state index contributed by atoms with van der Waals surface area (Å²) in [7, 11) is 0. The molecule has 0 aliphatic carbocycles. The summed E-state index contributed by atoms with van der Waals surface area (Å²) in [5.41, 5.74) is 2.63. The van der Waals surface area contributed by atoms with Crippen molar-refractivity contribution in [3.63, 3.8) is 0 Å². The van der Waals surface area contributed by atoms with E-state index < -0.39 is 17.7 Å². The minimum atomic E-state index is -0.626. The molecule has 1 saturated heterocycles. The number of nitrogens with one attached hydrogen (secondary N) is 2. The number of H-pyrrole nitrogens is 1. The molecule has 0 bridgehead atoms. The van der Waals surface area contributed by atoms with Gasteiger partial charge in [-0.3, -0.25) is 10.1 Å². The number of hydrogen-bond donors (Lipinski definition) is 2. The number of aromatic nitrogens is 3. The number of aromatic amines is 1. The van der Waals surface area contributed by atoms with Crippen LogP contribution in [0.2, 0.25) is 5.02 Å². The van der Waals surface area contributed by atoms with Crippen molar-refractivity contribution in [3.05, 3.63) is 88.1 Å². The number of fused-ring (bicyclic) bond motifs is 1. The predicted octanol–water partition coefficient (Wildman–Crippen LogP) is 6.63. The van der Waals surface area contributed by atoms with Gasteiger partial charge in [0.25, 0.3) is 0 Å². The highest BCUT2D eigenvalue weighted by Gasteiger charge is 2.17. The molecule has 3 heterocycles. The first kappa shape index (κ1) is 25.3. The lowest BCUT2D eigenvalue weighted by molar-refractivity contribution is 0.0775. The number of rotatable bonds is 8. The first-order valence-corrected chi connectivity index (χ1v) is 12.6. The van der Waals surface area contributed by atoms with Gasteiger partial charge >= 0.3 is 0 Å². The maximum Gasteiger partial charge on any atom is 0.134 e. The summed E-state index contributed by atoms with van der Waals surface area (Å²) in [4.78, 5) is 4.40. The molecule has 5 rings (SSSR count). The lowest BCUT2D eigenvalue weighted by Crippen LogP contribution is -2.34. The molecule has 0 spiro atoms. The monoisotopic (exact) mass is 524 g/mol. The van der Waals surface area contributed by atoms with Crippen molar-refractivity contribution < 1.29 is 18.3 Å². The third-order valence-electron chi connectivity index (χ3n) is 6.44. The molecule has 0 radical (unpaired) electrons. The standard InChI is InChI=1S/C28H27ClF2N4O2/c1-17(28-23(29)3-2-4-24(28)30)37-21-7-8-26-22(13-21)27(35-34-26)14-25(31)18-5-6-20(32-15-18)16-33-19-9-11-36-12-10-19/h2-8,13-15,17,19,33H,9-12,16H2,1H3,(H,34,35)/b25-14-. The van der Waals surface area contributed by atoms with E-state index in [9.17, 15) is 4.39 Å². The second-order valence-corrected chi connectivity index (χ2v) is 9.42. The minimum absolute atomic E-state index is 0.279. The number of nitrogens with zero attached hydrogens (tertiary/aromatic N) is 2. The third kappa shape index (κ3) is 5.98. The Labute approximate surface area is 218 Å². The molecule has 2 aromatic carbocycles. The maximum atomic E-state index is 15.1. The number of benzene rings is 2. The zero-order chi connectivity index (χ0) is 25.8. The molecule has 4 aromatic rings. The molecule has 37 heavy (non-hydrogen) atoms. The van der Waals surface area contributed by atoms with Gasteiger partial charge in [-0.1, -0.05) is 17.7 Å². The second kappa shape index (κ2) is 11.4. The Morgan fingerprint density at radius 2 is 2.08 bits per heavy atom. The summed E-state index contributed by atoms with van der Waals surface area (Å²) < 4.78 is 40.7. The van der Waals surface area contributed by atoms with Crippen LogP contribution in [0.15, 0.2) is 54.7 Å². The van der Waals surface area contributed by atoms with Crippen molar-refractivity contribution in [2.75, 3.05) is 13.2 Å². The van der Waals surface area contributed by atoms with E-state index in [2.05, 4.69) is 20.5 Å². The van der Waals surface area contributed by atoms with Crippen LogP contribution in [0.3, 0.4) is 0 Å². The molecule has 0 saturated carbocycles. The molecule has 0 amide bonds. The van der Waals surface area contributed by atoms with Crippen molar-refractivity contribution >= 4 is 34.4 Å². The highest BCUT2D eigenvalue weighted by molar-refractivity contribution is 6.31. The summed E-state index contributed by atoms with van der Waals surface area (Å²) in [6.45, 7) is 3.89. The Hall–Kier alpha value is -3.33. The predicted molar refractivity (Wildman–Crippen MR) is 140 cm³/mol. The molecule has 1 unspecified atom stereocenters. The fraction of sp³-hybridized carbons (Fsp3) is 0.286. The summed E-state index contributed by atoms with van der Waals surface area (Å²) in [5.74, 6) is -0.396. The number of pyridine rings is 1. The molecule has 192 valence electrons. The fourth-order valence-electron chi connectivity index (χ4n) is 4.39. The van der Waals surface area contributed by atoms with Crippen LogP contribution in [-0.2, 0) is 11.3 Å². The van der Waals surface area contributed by atoms with E-state index in [0.717, 1.165) is 31.7 Å². The van der Waals surface area contributed by atoms with Crippen molar-refractivity contribution in [3.8, 4) is 5.75 Å². The van der Waals surface area contributed by atoms with Gasteiger partial charge in [-0.05, 0) is 62.2 Å². The van der Waals surface area contributed by atoms with Crippen LogP contribution in [0.4, 0.5) is 8.78 Å². The Morgan fingerprint density at radius 3 is 2.84 bits per heavy atom. The Bertz CT molecular complexity index is 1380. The van der Waals surface area contributed by atoms with Crippen LogP contribution in [0.25, 0.3) is 22.8 Å². The SMILES string of the molecule is CC(Oc1ccc2n[nH]c(/C=C(\F)c3ccc(CNC4CCOCC4)nc3)c2c1)c1c(F)cccc1Cl. The molecule has 9 heteroatoms. The van der Waals surface area contributed by atoms with E-state index in [0.29, 0.717) is 45.5 Å². The number of hydrogen-bond acceptors (Lipinski definition) is 5. The van der Waals surface area contributed by atoms with Crippen molar-refractivity contribution in [2.24, 2.45) is 0 Å². The van der Waals surface area contributed by atoms with Gasteiger partial charge in [-0.2, -0.15) is 5.10 Å². The Kier molecular flexibility index (Phi) is 7.79. The summed E-state index contributed by atoms with van der Waals surface area (Å²) in [6.07, 6.45) is 4.25. The van der Waals surface area contributed by atoms with E-state index >= 15 is 4.39 Å².